The SMILES string of the molecule is CCCn1ncc(OC)c1C(O)CSc1ccc(F)cc1. The van der Waals surface area contributed by atoms with E-state index in [2.05, 4.69) is 12.0 Å². The van der Waals surface area contributed by atoms with Crippen LogP contribution in [0.4, 0.5) is 4.39 Å². The summed E-state index contributed by atoms with van der Waals surface area (Å²) in [5.74, 6) is 0.787. The zero-order chi connectivity index (χ0) is 15.2. The summed E-state index contributed by atoms with van der Waals surface area (Å²) in [5.41, 5.74) is 0.689. The molecule has 0 saturated carbocycles. The smallest absolute Gasteiger partial charge is 0.162 e. The number of aliphatic hydroxyl groups excluding tert-OH is 1. The minimum absolute atomic E-state index is 0.261. The molecule has 0 amide bonds. The number of rotatable bonds is 7. The predicted octanol–water partition coefficient (Wildman–Crippen LogP) is 3.27. The van der Waals surface area contributed by atoms with E-state index < -0.39 is 6.10 Å². The van der Waals surface area contributed by atoms with Crippen molar-refractivity contribution in [2.24, 2.45) is 0 Å². The minimum Gasteiger partial charge on any atom is -0.493 e. The van der Waals surface area contributed by atoms with E-state index in [1.807, 2.05) is 0 Å². The van der Waals surface area contributed by atoms with Gasteiger partial charge in [-0.1, -0.05) is 6.92 Å². The number of nitrogens with zero attached hydrogens (tertiary/aromatic N) is 2. The number of halogens is 1. The lowest BCUT2D eigenvalue weighted by atomic mass is 10.2. The molecule has 0 aliphatic heterocycles. The van der Waals surface area contributed by atoms with Crippen LogP contribution in [0.5, 0.6) is 5.75 Å². The number of ether oxygens (including phenoxy) is 1. The standard InChI is InChI=1S/C15H19FN2O2S/c1-3-8-18-15(14(20-2)9-17-18)13(19)10-21-12-6-4-11(16)5-7-12/h4-7,9,13,19H,3,8,10H2,1-2H3. The quantitative estimate of drug-likeness (QED) is 0.797. The van der Waals surface area contributed by atoms with Crippen molar-refractivity contribution in [2.75, 3.05) is 12.9 Å². The third-order valence-corrected chi connectivity index (χ3v) is 4.13. The van der Waals surface area contributed by atoms with Gasteiger partial charge in [-0.3, -0.25) is 4.68 Å². The Bertz CT molecular complexity index is 572. The zero-order valence-corrected chi connectivity index (χ0v) is 12.9. The van der Waals surface area contributed by atoms with E-state index in [-0.39, 0.29) is 5.82 Å². The number of hydrogen-bond donors (Lipinski definition) is 1. The summed E-state index contributed by atoms with van der Waals surface area (Å²) in [6.45, 7) is 2.79. The summed E-state index contributed by atoms with van der Waals surface area (Å²) in [7, 11) is 1.57. The Morgan fingerprint density at radius 2 is 2.10 bits per heavy atom. The first kappa shape index (κ1) is 15.9. The van der Waals surface area contributed by atoms with Crippen molar-refractivity contribution < 1.29 is 14.2 Å². The Labute approximate surface area is 127 Å². The van der Waals surface area contributed by atoms with Gasteiger partial charge < -0.3 is 9.84 Å². The number of hydrogen-bond acceptors (Lipinski definition) is 4. The summed E-state index contributed by atoms with van der Waals surface area (Å²) in [6, 6.07) is 6.23. The highest BCUT2D eigenvalue weighted by Crippen LogP contribution is 2.30. The van der Waals surface area contributed by atoms with Crippen LogP contribution in [0.25, 0.3) is 0 Å². The molecule has 1 aromatic carbocycles. The van der Waals surface area contributed by atoms with E-state index in [1.165, 1.54) is 23.9 Å². The highest BCUT2D eigenvalue weighted by atomic mass is 32.2. The normalized spacial score (nSPS) is 12.4. The van der Waals surface area contributed by atoms with Crippen molar-refractivity contribution in [3.8, 4) is 5.75 Å². The van der Waals surface area contributed by atoms with E-state index in [0.717, 1.165) is 17.9 Å². The number of aromatic nitrogens is 2. The average Bonchev–Trinajstić information content (AvgIpc) is 2.90. The maximum Gasteiger partial charge on any atom is 0.162 e. The van der Waals surface area contributed by atoms with Crippen LogP contribution in [-0.2, 0) is 6.54 Å². The van der Waals surface area contributed by atoms with Gasteiger partial charge in [0.1, 0.15) is 17.6 Å². The Morgan fingerprint density at radius 3 is 2.71 bits per heavy atom. The molecule has 21 heavy (non-hydrogen) atoms. The molecule has 1 heterocycles. The second kappa shape index (κ2) is 7.47. The third kappa shape index (κ3) is 3.98. The summed E-state index contributed by atoms with van der Waals surface area (Å²) < 4.78 is 19.9. The van der Waals surface area contributed by atoms with Crippen LogP contribution in [-0.4, -0.2) is 27.7 Å². The van der Waals surface area contributed by atoms with E-state index >= 15 is 0 Å². The van der Waals surface area contributed by atoms with Crippen LogP contribution >= 0.6 is 11.8 Å². The van der Waals surface area contributed by atoms with Gasteiger partial charge in [0.2, 0.25) is 0 Å². The van der Waals surface area contributed by atoms with Gasteiger partial charge in [0.05, 0.1) is 13.3 Å². The van der Waals surface area contributed by atoms with Gasteiger partial charge in [0, 0.05) is 17.2 Å². The van der Waals surface area contributed by atoms with Crippen molar-refractivity contribution in [1.29, 1.82) is 0 Å². The van der Waals surface area contributed by atoms with Crippen LogP contribution < -0.4 is 4.74 Å². The van der Waals surface area contributed by atoms with Gasteiger partial charge in [0.25, 0.3) is 0 Å². The minimum atomic E-state index is -0.691. The first-order valence-electron chi connectivity index (χ1n) is 6.81. The van der Waals surface area contributed by atoms with Gasteiger partial charge in [-0.15, -0.1) is 11.8 Å². The molecule has 1 N–H and O–H groups in total. The molecule has 0 spiro atoms. The monoisotopic (exact) mass is 310 g/mol. The highest BCUT2D eigenvalue weighted by Gasteiger charge is 2.19. The molecule has 0 fully saturated rings. The lowest BCUT2D eigenvalue weighted by molar-refractivity contribution is 0.186. The molecule has 2 rings (SSSR count). The molecule has 0 radical (unpaired) electrons. The molecule has 114 valence electrons. The van der Waals surface area contributed by atoms with Crippen LogP contribution in [0.1, 0.15) is 25.1 Å². The Balaban J connectivity index is 2.07. The van der Waals surface area contributed by atoms with Crippen LogP contribution in [0.3, 0.4) is 0 Å². The van der Waals surface area contributed by atoms with E-state index in [9.17, 15) is 9.50 Å². The molecule has 6 heteroatoms. The number of aliphatic hydroxyl groups is 1. The summed E-state index contributed by atoms with van der Waals surface area (Å²) in [6.07, 6.45) is 1.86. The van der Waals surface area contributed by atoms with Gasteiger partial charge in [-0.2, -0.15) is 5.10 Å². The number of aryl methyl sites for hydroxylation is 1. The molecule has 0 saturated heterocycles. The fourth-order valence-corrected chi connectivity index (χ4v) is 2.88. The fourth-order valence-electron chi connectivity index (χ4n) is 2.05. The molecule has 1 unspecified atom stereocenters. The zero-order valence-electron chi connectivity index (χ0n) is 12.1. The Hall–Kier alpha value is -1.53. The maximum absolute atomic E-state index is 12.9. The van der Waals surface area contributed by atoms with E-state index in [4.69, 9.17) is 4.74 Å². The molecule has 0 bridgehead atoms. The summed E-state index contributed by atoms with van der Waals surface area (Å²) in [4.78, 5) is 0.913. The van der Waals surface area contributed by atoms with Crippen LogP contribution in [0.2, 0.25) is 0 Å². The lowest BCUT2D eigenvalue weighted by Gasteiger charge is -2.14. The van der Waals surface area contributed by atoms with Crippen LogP contribution in [0.15, 0.2) is 35.4 Å². The molecule has 1 atom stereocenters. The molecule has 0 aliphatic rings. The molecular weight excluding hydrogens is 291 g/mol. The lowest BCUT2D eigenvalue weighted by Crippen LogP contribution is -2.11. The summed E-state index contributed by atoms with van der Waals surface area (Å²) in [5, 5.41) is 14.6. The van der Waals surface area contributed by atoms with E-state index in [0.29, 0.717) is 17.2 Å². The molecule has 0 aliphatic carbocycles. The first-order chi connectivity index (χ1) is 10.2. The van der Waals surface area contributed by atoms with Gasteiger partial charge in [0.15, 0.2) is 5.75 Å². The number of benzene rings is 1. The van der Waals surface area contributed by atoms with Crippen molar-refractivity contribution >= 4 is 11.8 Å². The van der Waals surface area contributed by atoms with Crippen molar-refractivity contribution in [2.45, 2.75) is 30.9 Å². The Morgan fingerprint density at radius 1 is 1.38 bits per heavy atom. The highest BCUT2D eigenvalue weighted by molar-refractivity contribution is 7.99. The third-order valence-electron chi connectivity index (χ3n) is 3.04. The van der Waals surface area contributed by atoms with Gasteiger partial charge in [-0.05, 0) is 30.7 Å². The Kier molecular flexibility index (Phi) is 5.64. The largest absolute Gasteiger partial charge is 0.493 e. The fraction of sp³-hybridized carbons (Fsp3) is 0.400. The van der Waals surface area contributed by atoms with Gasteiger partial charge in [-0.25, -0.2) is 4.39 Å². The average molecular weight is 310 g/mol. The molecule has 2 aromatic rings. The number of methoxy groups -OCH3 is 1. The predicted molar refractivity (Wildman–Crippen MR) is 81.2 cm³/mol. The van der Waals surface area contributed by atoms with Crippen molar-refractivity contribution in [1.82, 2.24) is 9.78 Å². The van der Waals surface area contributed by atoms with Gasteiger partial charge >= 0.3 is 0 Å². The number of thioether (sulfide) groups is 1. The molecule has 4 nitrogen and oxygen atoms in total. The molecule has 1 aromatic heterocycles. The van der Waals surface area contributed by atoms with Crippen LogP contribution in [0, 0.1) is 5.82 Å². The second-order valence-electron chi connectivity index (χ2n) is 4.60. The maximum atomic E-state index is 12.9. The topological polar surface area (TPSA) is 47.3 Å². The van der Waals surface area contributed by atoms with E-state index in [1.54, 1.807) is 30.1 Å². The summed E-state index contributed by atoms with van der Waals surface area (Å²) >= 11 is 1.47. The molecular formula is C15H19FN2O2S. The first-order valence-corrected chi connectivity index (χ1v) is 7.80. The van der Waals surface area contributed by atoms with Crippen molar-refractivity contribution in [3.05, 3.63) is 42.0 Å². The second-order valence-corrected chi connectivity index (χ2v) is 5.70. The van der Waals surface area contributed by atoms with Crippen molar-refractivity contribution in [3.63, 3.8) is 0 Å².